The number of nitrogens with two attached hydrogens (primary N) is 1. The number of sulfonamides is 1. The van der Waals surface area contributed by atoms with Gasteiger partial charge >= 0.3 is 0 Å². The van der Waals surface area contributed by atoms with Crippen LogP contribution in [0.15, 0.2) is 23.1 Å². The molecular formula is C15H24N2O2S. The van der Waals surface area contributed by atoms with E-state index < -0.39 is 10.0 Å². The molecule has 2 rings (SSSR count). The Kier molecular flexibility index (Phi) is 4.70. The van der Waals surface area contributed by atoms with E-state index in [2.05, 4.69) is 11.6 Å². The van der Waals surface area contributed by atoms with E-state index in [9.17, 15) is 8.42 Å². The van der Waals surface area contributed by atoms with Crippen LogP contribution < -0.4 is 10.5 Å². The van der Waals surface area contributed by atoms with Crippen molar-refractivity contribution in [2.24, 2.45) is 5.92 Å². The van der Waals surface area contributed by atoms with Gasteiger partial charge in [0, 0.05) is 11.7 Å². The first-order valence-corrected chi connectivity index (χ1v) is 8.75. The number of nitrogen functional groups attached to an aromatic ring is 1. The summed E-state index contributed by atoms with van der Waals surface area (Å²) in [4.78, 5) is 0.307. The first-order chi connectivity index (χ1) is 9.38. The Morgan fingerprint density at radius 1 is 1.20 bits per heavy atom. The molecule has 1 aliphatic rings. The molecule has 1 aliphatic carbocycles. The van der Waals surface area contributed by atoms with Crippen molar-refractivity contribution >= 4 is 15.7 Å². The van der Waals surface area contributed by atoms with E-state index in [0.717, 1.165) is 31.2 Å². The summed E-state index contributed by atoms with van der Waals surface area (Å²) in [7, 11) is -3.44. The van der Waals surface area contributed by atoms with E-state index in [1.165, 1.54) is 6.42 Å². The zero-order valence-electron chi connectivity index (χ0n) is 12.2. The average Bonchev–Trinajstić information content (AvgIpc) is 2.57. The molecule has 112 valence electrons. The quantitative estimate of drug-likeness (QED) is 0.665. The maximum Gasteiger partial charge on any atom is 0.240 e. The Bertz CT molecular complexity index is 569. The highest BCUT2D eigenvalue weighted by Gasteiger charge is 2.22. The smallest absolute Gasteiger partial charge is 0.240 e. The lowest BCUT2D eigenvalue weighted by Crippen LogP contribution is -2.34. The van der Waals surface area contributed by atoms with E-state index in [0.29, 0.717) is 16.5 Å². The second-order valence-corrected chi connectivity index (χ2v) is 7.66. The molecule has 2 unspecified atom stereocenters. The zero-order valence-corrected chi connectivity index (χ0v) is 13.0. The van der Waals surface area contributed by atoms with Gasteiger partial charge in [-0.2, -0.15) is 0 Å². The molecule has 1 saturated carbocycles. The zero-order chi connectivity index (χ0) is 14.8. The minimum atomic E-state index is -3.44. The Balaban J connectivity index is 2.12. The largest absolute Gasteiger partial charge is 0.399 e. The second kappa shape index (κ2) is 6.14. The fraction of sp³-hybridized carbons (Fsp3) is 0.600. The van der Waals surface area contributed by atoms with Gasteiger partial charge in [-0.3, -0.25) is 0 Å². The van der Waals surface area contributed by atoms with Crippen molar-refractivity contribution in [3.05, 3.63) is 23.8 Å². The first-order valence-electron chi connectivity index (χ1n) is 7.27. The van der Waals surface area contributed by atoms with Gasteiger partial charge in [0.1, 0.15) is 0 Å². The summed E-state index contributed by atoms with van der Waals surface area (Å²) in [6.07, 6.45) is 5.23. The number of hydrogen-bond donors (Lipinski definition) is 2. The Hall–Kier alpha value is -1.07. The highest BCUT2D eigenvalue weighted by Crippen LogP contribution is 2.24. The number of nitrogens with one attached hydrogen (secondary N) is 1. The SMILES string of the molecule is Cc1cc(S(=O)(=O)NC2CCCC(C)CC2)ccc1N. The van der Waals surface area contributed by atoms with Crippen molar-refractivity contribution in [2.75, 3.05) is 5.73 Å². The van der Waals surface area contributed by atoms with Gasteiger partial charge < -0.3 is 5.73 Å². The van der Waals surface area contributed by atoms with Crippen LogP contribution in [0.2, 0.25) is 0 Å². The summed E-state index contributed by atoms with van der Waals surface area (Å²) in [5, 5.41) is 0. The normalized spacial score (nSPS) is 24.3. The lowest BCUT2D eigenvalue weighted by Gasteiger charge is -2.17. The van der Waals surface area contributed by atoms with Crippen molar-refractivity contribution < 1.29 is 8.42 Å². The highest BCUT2D eigenvalue weighted by molar-refractivity contribution is 7.89. The Labute approximate surface area is 121 Å². The fourth-order valence-corrected chi connectivity index (χ4v) is 4.10. The molecule has 0 heterocycles. The van der Waals surface area contributed by atoms with Crippen molar-refractivity contribution in [1.29, 1.82) is 0 Å². The van der Waals surface area contributed by atoms with Crippen molar-refractivity contribution in [3.8, 4) is 0 Å². The van der Waals surface area contributed by atoms with Gasteiger partial charge in [-0.25, -0.2) is 13.1 Å². The van der Waals surface area contributed by atoms with Crippen LogP contribution >= 0.6 is 0 Å². The van der Waals surface area contributed by atoms with E-state index >= 15 is 0 Å². The molecule has 0 saturated heterocycles. The molecule has 1 aromatic carbocycles. The summed E-state index contributed by atoms with van der Waals surface area (Å²) in [5.74, 6) is 0.697. The lowest BCUT2D eigenvalue weighted by atomic mass is 10.0. The third-order valence-corrected chi connectivity index (χ3v) is 5.65. The number of benzene rings is 1. The Morgan fingerprint density at radius 2 is 1.95 bits per heavy atom. The summed E-state index contributed by atoms with van der Waals surface area (Å²) in [6, 6.07) is 4.92. The van der Waals surface area contributed by atoms with Gasteiger partial charge in [-0.05, 0) is 55.9 Å². The molecule has 1 fully saturated rings. The van der Waals surface area contributed by atoms with Crippen molar-refractivity contribution in [3.63, 3.8) is 0 Å². The van der Waals surface area contributed by atoms with E-state index in [4.69, 9.17) is 5.73 Å². The summed E-state index contributed by atoms with van der Waals surface area (Å²) in [6.45, 7) is 4.06. The van der Waals surface area contributed by atoms with E-state index in [-0.39, 0.29) is 6.04 Å². The molecule has 4 nitrogen and oxygen atoms in total. The van der Waals surface area contributed by atoms with Crippen LogP contribution in [0.5, 0.6) is 0 Å². The van der Waals surface area contributed by atoms with Crippen LogP contribution in [-0.2, 0) is 10.0 Å². The predicted molar refractivity (Wildman–Crippen MR) is 81.9 cm³/mol. The summed E-state index contributed by atoms with van der Waals surface area (Å²) >= 11 is 0. The van der Waals surface area contributed by atoms with Crippen LogP contribution in [0.4, 0.5) is 5.69 Å². The third kappa shape index (κ3) is 3.73. The van der Waals surface area contributed by atoms with Crippen molar-refractivity contribution in [2.45, 2.75) is 56.9 Å². The van der Waals surface area contributed by atoms with E-state index in [1.54, 1.807) is 18.2 Å². The molecule has 0 aromatic heterocycles. The van der Waals surface area contributed by atoms with Gasteiger partial charge in [0.2, 0.25) is 10.0 Å². The maximum atomic E-state index is 12.4. The number of rotatable bonds is 3. The van der Waals surface area contributed by atoms with Crippen LogP contribution in [0.3, 0.4) is 0 Å². The van der Waals surface area contributed by atoms with Gasteiger partial charge in [0.25, 0.3) is 0 Å². The van der Waals surface area contributed by atoms with Gasteiger partial charge in [-0.1, -0.05) is 19.8 Å². The molecule has 5 heteroatoms. The monoisotopic (exact) mass is 296 g/mol. The Morgan fingerprint density at radius 3 is 2.65 bits per heavy atom. The fourth-order valence-electron chi connectivity index (χ4n) is 2.71. The van der Waals surface area contributed by atoms with Crippen LogP contribution in [0.25, 0.3) is 0 Å². The minimum Gasteiger partial charge on any atom is -0.399 e. The molecule has 0 bridgehead atoms. The second-order valence-electron chi connectivity index (χ2n) is 5.95. The molecular weight excluding hydrogens is 272 g/mol. The molecule has 0 spiro atoms. The first kappa shape index (κ1) is 15.3. The minimum absolute atomic E-state index is 0.0582. The van der Waals surface area contributed by atoms with Gasteiger partial charge in [0.15, 0.2) is 0 Å². The lowest BCUT2D eigenvalue weighted by molar-refractivity contribution is 0.484. The molecule has 3 N–H and O–H groups in total. The maximum absolute atomic E-state index is 12.4. The molecule has 0 radical (unpaired) electrons. The van der Waals surface area contributed by atoms with Gasteiger partial charge in [-0.15, -0.1) is 0 Å². The summed E-state index contributed by atoms with van der Waals surface area (Å²) < 4.78 is 27.7. The molecule has 1 aromatic rings. The van der Waals surface area contributed by atoms with Crippen LogP contribution in [-0.4, -0.2) is 14.5 Å². The molecule has 20 heavy (non-hydrogen) atoms. The number of hydrogen-bond acceptors (Lipinski definition) is 3. The highest BCUT2D eigenvalue weighted by atomic mass is 32.2. The number of aryl methyl sites for hydroxylation is 1. The third-order valence-electron chi connectivity index (χ3n) is 4.13. The topological polar surface area (TPSA) is 72.2 Å². The van der Waals surface area contributed by atoms with Crippen LogP contribution in [0.1, 0.15) is 44.6 Å². The molecule has 2 atom stereocenters. The predicted octanol–water partition coefficient (Wildman–Crippen LogP) is 2.82. The van der Waals surface area contributed by atoms with E-state index in [1.807, 2.05) is 6.92 Å². The standard InChI is InChI=1S/C15H24N2O2S/c1-11-4-3-5-13(7-6-11)17-20(18,19)14-8-9-15(16)12(2)10-14/h8-11,13,17H,3-7,16H2,1-2H3. The number of anilines is 1. The van der Waals surface area contributed by atoms with Crippen LogP contribution in [0, 0.1) is 12.8 Å². The molecule has 0 aliphatic heterocycles. The molecule has 0 amide bonds. The average molecular weight is 296 g/mol. The summed E-state index contributed by atoms with van der Waals surface area (Å²) in [5.41, 5.74) is 7.15. The van der Waals surface area contributed by atoms with Gasteiger partial charge in [0.05, 0.1) is 4.90 Å². The van der Waals surface area contributed by atoms with Crippen molar-refractivity contribution in [1.82, 2.24) is 4.72 Å².